The van der Waals surface area contributed by atoms with Crippen molar-refractivity contribution in [3.63, 3.8) is 0 Å². The minimum atomic E-state index is -0.0680. The third kappa shape index (κ3) is 4.77. The van der Waals surface area contributed by atoms with Gasteiger partial charge < -0.3 is 5.32 Å². The van der Waals surface area contributed by atoms with Gasteiger partial charge in [-0.05, 0) is 42.2 Å². The third-order valence-corrected chi connectivity index (χ3v) is 4.75. The van der Waals surface area contributed by atoms with Crippen LogP contribution >= 0.6 is 0 Å². The standard InChI is InChI=1S/C21H25N3O/c1-2-20(24-14-12-17-7-3-4-8-18(17)16-24)15-23-21(25)11-10-19-9-5-6-13-22-19/h3-11,13,20H,2,12,14-16H2,1H3,(H,23,25). The molecule has 1 aliphatic heterocycles. The van der Waals surface area contributed by atoms with Crippen molar-refractivity contribution in [2.75, 3.05) is 13.1 Å². The van der Waals surface area contributed by atoms with Gasteiger partial charge in [0.15, 0.2) is 0 Å². The quantitative estimate of drug-likeness (QED) is 0.825. The Bertz CT molecular complexity index is 727. The zero-order valence-corrected chi connectivity index (χ0v) is 14.7. The Hall–Kier alpha value is -2.46. The van der Waals surface area contributed by atoms with Crippen LogP contribution in [0.2, 0.25) is 0 Å². The summed E-state index contributed by atoms with van der Waals surface area (Å²) in [6, 6.07) is 14.7. The molecule has 0 bridgehead atoms. The van der Waals surface area contributed by atoms with Gasteiger partial charge in [-0.25, -0.2) is 0 Å². The van der Waals surface area contributed by atoms with Gasteiger partial charge in [0.25, 0.3) is 0 Å². The van der Waals surface area contributed by atoms with Crippen LogP contribution in [0.4, 0.5) is 0 Å². The Morgan fingerprint density at radius 2 is 2.04 bits per heavy atom. The summed E-state index contributed by atoms with van der Waals surface area (Å²) in [5.41, 5.74) is 3.65. The molecular weight excluding hydrogens is 310 g/mol. The van der Waals surface area contributed by atoms with E-state index in [9.17, 15) is 4.79 Å². The zero-order valence-electron chi connectivity index (χ0n) is 14.7. The van der Waals surface area contributed by atoms with E-state index in [0.29, 0.717) is 12.6 Å². The van der Waals surface area contributed by atoms with Crippen molar-refractivity contribution in [3.8, 4) is 0 Å². The van der Waals surface area contributed by atoms with E-state index in [2.05, 4.69) is 46.4 Å². The van der Waals surface area contributed by atoms with Gasteiger partial charge in [0.2, 0.25) is 5.91 Å². The number of hydrogen-bond acceptors (Lipinski definition) is 3. The predicted molar refractivity (Wildman–Crippen MR) is 101 cm³/mol. The highest BCUT2D eigenvalue weighted by Gasteiger charge is 2.22. The number of rotatable bonds is 6. The highest BCUT2D eigenvalue weighted by molar-refractivity contribution is 5.91. The Balaban J connectivity index is 1.53. The minimum absolute atomic E-state index is 0.0680. The first-order valence-corrected chi connectivity index (χ1v) is 8.94. The van der Waals surface area contributed by atoms with Crippen LogP contribution in [0.3, 0.4) is 0 Å². The van der Waals surface area contributed by atoms with Gasteiger partial charge in [-0.1, -0.05) is 37.3 Å². The second-order valence-electron chi connectivity index (χ2n) is 6.38. The second-order valence-corrected chi connectivity index (χ2v) is 6.38. The number of nitrogens with zero attached hydrogens (tertiary/aromatic N) is 2. The molecule has 3 rings (SSSR count). The van der Waals surface area contributed by atoms with Crippen molar-refractivity contribution in [2.45, 2.75) is 32.4 Å². The monoisotopic (exact) mass is 335 g/mol. The highest BCUT2D eigenvalue weighted by atomic mass is 16.1. The number of carbonyl (C=O) groups excluding carboxylic acids is 1. The Morgan fingerprint density at radius 3 is 2.80 bits per heavy atom. The molecule has 0 saturated heterocycles. The lowest BCUT2D eigenvalue weighted by Crippen LogP contribution is -2.45. The van der Waals surface area contributed by atoms with Crippen LogP contribution in [0.1, 0.15) is 30.2 Å². The molecule has 4 nitrogen and oxygen atoms in total. The van der Waals surface area contributed by atoms with E-state index in [1.165, 1.54) is 11.1 Å². The van der Waals surface area contributed by atoms with Crippen LogP contribution in [-0.2, 0) is 17.8 Å². The van der Waals surface area contributed by atoms with E-state index >= 15 is 0 Å². The molecule has 25 heavy (non-hydrogen) atoms. The summed E-state index contributed by atoms with van der Waals surface area (Å²) in [7, 11) is 0. The molecule has 130 valence electrons. The van der Waals surface area contributed by atoms with Gasteiger partial charge in [0.05, 0.1) is 5.69 Å². The fraction of sp³-hybridized carbons (Fsp3) is 0.333. The number of nitrogens with one attached hydrogen (secondary N) is 1. The first-order chi connectivity index (χ1) is 12.3. The van der Waals surface area contributed by atoms with E-state index in [0.717, 1.165) is 31.6 Å². The lowest BCUT2D eigenvalue weighted by Gasteiger charge is -2.35. The molecule has 0 radical (unpaired) electrons. The molecule has 4 heteroatoms. The average Bonchev–Trinajstić information content (AvgIpc) is 2.67. The molecule has 1 amide bonds. The maximum Gasteiger partial charge on any atom is 0.244 e. The Morgan fingerprint density at radius 1 is 1.24 bits per heavy atom. The van der Waals surface area contributed by atoms with Crippen LogP contribution in [0.5, 0.6) is 0 Å². The Kier molecular flexibility index (Phi) is 5.96. The van der Waals surface area contributed by atoms with Gasteiger partial charge in [-0.2, -0.15) is 0 Å². The second kappa shape index (κ2) is 8.58. The molecule has 0 fully saturated rings. The molecule has 1 aromatic carbocycles. The highest BCUT2D eigenvalue weighted by Crippen LogP contribution is 2.21. The summed E-state index contributed by atoms with van der Waals surface area (Å²) in [5.74, 6) is -0.0680. The molecule has 1 aromatic heterocycles. The number of carbonyl (C=O) groups is 1. The molecule has 1 aliphatic rings. The van der Waals surface area contributed by atoms with Crippen molar-refractivity contribution in [1.82, 2.24) is 15.2 Å². The molecule has 0 spiro atoms. The van der Waals surface area contributed by atoms with Crippen molar-refractivity contribution >= 4 is 12.0 Å². The Labute approximate surface area is 149 Å². The summed E-state index contributed by atoms with van der Waals surface area (Å²) >= 11 is 0. The van der Waals surface area contributed by atoms with E-state index in [4.69, 9.17) is 0 Å². The van der Waals surface area contributed by atoms with Crippen LogP contribution in [0, 0.1) is 0 Å². The number of pyridine rings is 1. The summed E-state index contributed by atoms with van der Waals surface area (Å²) in [6.07, 6.45) is 7.12. The van der Waals surface area contributed by atoms with Crippen LogP contribution in [-0.4, -0.2) is 34.9 Å². The van der Waals surface area contributed by atoms with E-state index in [1.807, 2.05) is 18.2 Å². The smallest absolute Gasteiger partial charge is 0.244 e. The molecular formula is C21H25N3O. The average molecular weight is 335 g/mol. The van der Waals surface area contributed by atoms with Gasteiger partial charge in [-0.3, -0.25) is 14.7 Å². The van der Waals surface area contributed by atoms with E-state index in [1.54, 1.807) is 18.3 Å². The maximum absolute atomic E-state index is 12.1. The predicted octanol–water partition coefficient (Wildman–Crippen LogP) is 3.05. The lowest BCUT2D eigenvalue weighted by atomic mass is 9.98. The lowest BCUT2D eigenvalue weighted by molar-refractivity contribution is -0.116. The molecule has 1 N–H and O–H groups in total. The van der Waals surface area contributed by atoms with Gasteiger partial charge in [-0.15, -0.1) is 0 Å². The molecule has 2 heterocycles. The minimum Gasteiger partial charge on any atom is -0.351 e. The zero-order chi connectivity index (χ0) is 17.5. The topological polar surface area (TPSA) is 45.2 Å². The van der Waals surface area contributed by atoms with Crippen LogP contribution < -0.4 is 5.32 Å². The van der Waals surface area contributed by atoms with E-state index in [-0.39, 0.29) is 5.91 Å². The third-order valence-electron chi connectivity index (χ3n) is 4.75. The van der Waals surface area contributed by atoms with Gasteiger partial charge in [0.1, 0.15) is 0 Å². The SMILES string of the molecule is CCC(CNC(=O)C=Cc1ccccn1)N1CCc2ccccc2C1. The molecule has 1 unspecified atom stereocenters. The molecule has 0 aliphatic carbocycles. The van der Waals surface area contributed by atoms with Crippen molar-refractivity contribution in [2.24, 2.45) is 0 Å². The summed E-state index contributed by atoms with van der Waals surface area (Å²) in [4.78, 5) is 18.7. The number of benzene rings is 1. The van der Waals surface area contributed by atoms with Crippen LogP contribution in [0.25, 0.3) is 6.08 Å². The van der Waals surface area contributed by atoms with Crippen molar-refractivity contribution < 1.29 is 4.79 Å². The number of amides is 1. The van der Waals surface area contributed by atoms with Crippen LogP contribution in [0.15, 0.2) is 54.7 Å². The molecule has 2 aromatic rings. The van der Waals surface area contributed by atoms with Crippen molar-refractivity contribution in [3.05, 3.63) is 71.6 Å². The largest absolute Gasteiger partial charge is 0.351 e. The summed E-state index contributed by atoms with van der Waals surface area (Å²) < 4.78 is 0. The number of aromatic nitrogens is 1. The number of fused-ring (bicyclic) bond motifs is 1. The summed E-state index contributed by atoms with van der Waals surface area (Å²) in [6.45, 7) is 4.87. The fourth-order valence-corrected chi connectivity index (χ4v) is 3.27. The van der Waals surface area contributed by atoms with E-state index < -0.39 is 0 Å². The normalized spacial score (nSPS) is 15.7. The van der Waals surface area contributed by atoms with Gasteiger partial charge >= 0.3 is 0 Å². The fourth-order valence-electron chi connectivity index (χ4n) is 3.27. The van der Waals surface area contributed by atoms with Gasteiger partial charge in [0, 0.05) is 37.9 Å². The first-order valence-electron chi connectivity index (χ1n) is 8.94. The molecule has 1 atom stereocenters. The number of hydrogen-bond donors (Lipinski definition) is 1. The maximum atomic E-state index is 12.1. The van der Waals surface area contributed by atoms with Crippen molar-refractivity contribution in [1.29, 1.82) is 0 Å². The first kappa shape index (κ1) is 17.4. The molecule has 0 saturated carbocycles. The summed E-state index contributed by atoms with van der Waals surface area (Å²) in [5, 5.41) is 3.03.